The van der Waals surface area contributed by atoms with E-state index in [1.165, 1.54) is 37.1 Å². The maximum absolute atomic E-state index is 12.1. The second-order valence-electron chi connectivity index (χ2n) is 5.23. The highest BCUT2D eigenvalue weighted by atomic mass is 79.9. The van der Waals surface area contributed by atoms with Crippen LogP contribution >= 0.6 is 27.7 Å². The van der Waals surface area contributed by atoms with Gasteiger partial charge in [0, 0.05) is 4.47 Å². The number of ether oxygens (including phenoxy) is 1. The smallest absolute Gasteiger partial charge is 0.341 e. The number of thioether (sulfide) groups is 1. The summed E-state index contributed by atoms with van der Waals surface area (Å²) in [5.41, 5.74) is 1.30. The number of carbonyl (C=O) groups is 2. The molecule has 0 atom stereocenters. The van der Waals surface area contributed by atoms with Crippen LogP contribution in [0.5, 0.6) is 5.75 Å². The average Bonchev–Trinajstić information content (AvgIpc) is 2.95. The number of amides is 1. The van der Waals surface area contributed by atoms with Crippen molar-refractivity contribution in [2.24, 2.45) is 4.99 Å². The summed E-state index contributed by atoms with van der Waals surface area (Å²) < 4.78 is 5.54. The number of aliphatic imine (C=N–C) groups is 1. The third kappa shape index (κ3) is 4.14. The number of rotatable bonds is 3. The van der Waals surface area contributed by atoms with Gasteiger partial charge in [0.05, 0.1) is 17.7 Å². The highest BCUT2D eigenvalue weighted by Gasteiger charge is 2.24. The third-order valence-corrected chi connectivity index (χ3v) is 4.82. The Labute approximate surface area is 162 Å². The molecule has 3 rings (SSSR count). The predicted molar refractivity (Wildman–Crippen MR) is 104 cm³/mol. The third-order valence-electron chi connectivity index (χ3n) is 3.41. The molecular weight excluding hydrogens is 420 g/mol. The molecule has 2 N–H and O–H groups in total. The maximum Gasteiger partial charge on any atom is 0.341 e. The molecule has 0 unspecified atom stereocenters. The first kappa shape index (κ1) is 18.2. The fourth-order valence-electron chi connectivity index (χ4n) is 2.21. The largest absolute Gasteiger partial charge is 0.507 e. The van der Waals surface area contributed by atoms with E-state index in [-0.39, 0.29) is 17.2 Å². The summed E-state index contributed by atoms with van der Waals surface area (Å²) >= 11 is 4.59. The van der Waals surface area contributed by atoms with Crippen LogP contribution in [0.25, 0.3) is 6.08 Å². The molecule has 0 aliphatic carbocycles. The zero-order valence-electron chi connectivity index (χ0n) is 13.5. The Hall–Kier alpha value is -2.58. The SMILES string of the molecule is COC(=O)c1cc(N=C2NC(=O)/C(=C/c3cccc(Br)c3)S2)ccc1O. The summed E-state index contributed by atoms with van der Waals surface area (Å²) in [5.74, 6) is -1.11. The molecule has 2 aromatic rings. The van der Waals surface area contributed by atoms with Gasteiger partial charge in [0.2, 0.25) is 0 Å². The number of halogens is 1. The van der Waals surface area contributed by atoms with Crippen molar-refractivity contribution in [1.29, 1.82) is 0 Å². The van der Waals surface area contributed by atoms with E-state index >= 15 is 0 Å². The first-order chi connectivity index (χ1) is 12.5. The van der Waals surface area contributed by atoms with E-state index in [0.29, 0.717) is 15.8 Å². The molecular formula is C18H13BrN2O4S. The van der Waals surface area contributed by atoms with E-state index in [9.17, 15) is 14.7 Å². The Kier molecular flexibility index (Phi) is 5.43. The van der Waals surface area contributed by atoms with Gasteiger partial charge in [0.1, 0.15) is 11.3 Å². The number of esters is 1. The molecule has 6 nitrogen and oxygen atoms in total. The standard InChI is InChI=1S/C18H13BrN2O4S/c1-25-17(24)13-9-12(5-6-14(13)22)20-18-21-16(23)15(26-18)8-10-3-2-4-11(19)7-10/h2-9,22H,1H3,(H,20,21,23)/b15-8-. The van der Waals surface area contributed by atoms with Crippen LogP contribution in [-0.2, 0) is 9.53 Å². The van der Waals surface area contributed by atoms with E-state index < -0.39 is 5.97 Å². The van der Waals surface area contributed by atoms with Gasteiger partial charge < -0.3 is 15.2 Å². The van der Waals surface area contributed by atoms with Gasteiger partial charge in [-0.2, -0.15) is 0 Å². The number of aromatic hydroxyl groups is 1. The minimum atomic E-state index is -0.664. The quantitative estimate of drug-likeness (QED) is 0.568. The number of benzene rings is 2. The number of nitrogens with zero attached hydrogens (tertiary/aromatic N) is 1. The van der Waals surface area contributed by atoms with Gasteiger partial charge in [0.25, 0.3) is 5.91 Å². The molecule has 0 radical (unpaired) electrons. The number of phenolic OH excluding ortho intramolecular Hbond substituents is 1. The molecule has 1 fully saturated rings. The number of amidine groups is 1. The minimum Gasteiger partial charge on any atom is -0.507 e. The summed E-state index contributed by atoms with van der Waals surface area (Å²) in [6.45, 7) is 0. The van der Waals surface area contributed by atoms with Gasteiger partial charge in [-0.15, -0.1) is 0 Å². The molecule has 0 spiro atoms. The number of carbonyl (C=O) groups excluding carboxylic acids is 2. The molecule has 26 heavy (non-hydrogen) atoms. The fourth-order valence-corrected chi connectivity index (χ4v) is 3.47. The Morgan fingerprint density at radius 3 is 2.85 bits per heavy atom. The van der Waals surface area contributed by atoms with Crippen LogP contribution in [0.2, 0.25) is 0 Å². The van der Waals surface area contributed by atoms with E-state index in [1.54, 1.807) is 6.08 Å². The topological polar surface area (TPSA) is 88.0 Å². The van der Waals surface area contributed by atoms with Gasteiger partial charge in [-0.3, -0.25) is 4.79 Å². The van der Waals surface area contributed by atoms with Crippen molar-refractivity contribution in [3.8, 4) is 5.75 Å². The number of hydrogen-bond acceptors (Lipinski definition) is 6. The van der Waals surface area contributed by atoms with Gasteiger partial charge in [0.15, 0.2) is 5.17 Å². The van der Waals surface area contributed by atoms with Gasteiger partial charge >= 0.3 is 5.97 Å². The maximum atomic E-state index is 12.1. The van der Waals surface area contributed by atoms with Crippen LogP contribution in [-0.4, -0.2) is 29.3 Å². The Morgan fingerprint density at radius 1 is 1.31 bits per heavy atom. The molecule has 1 amide bonds. The van der Waals surface area contributed by atoms with Crippen molar-refractivity contribution in [3.63, 3.8) is 0 Å². The molecule has 0 saturated carbocycles. The van der Waals surface area contributed by atoms with Crippen LogP contribution in [0.3, 0.4) is 0 Å². The number of nitrogens with one attached hydrogen (secondary N) is 1. The van der Waals surface area contributed by atoms with Crippen molar-refractivity contribution >= 4 is 56.5 Å². The van der Waals surface area contributed by atoms with Crippen LogP contribution in [0.1, 0.15) is 15.9 Å². The van der Waals surface area contributed by atoms with Crippen molar-refractivity contribution in [3.05, 3.63) is 63.0 Å². The zero-order valence-corrected chi connectivity index (χ0v) is 15.9. The Morgan fingerprint density at radius 2 is 2.12 bits per heavy atom. The molecule has 0 bridgehead atoms. The lowest BCUT2D eigenvalue weighted by Gasteiger charge is -2.03. The van der Waals surface area contributed by atoms with Crippen LogP contribution < -0.4 is 5.32 Å². The number of hydrogen-bond donors (Lipinski definition) is 2. The second-order valence-corrected chi connectivity index (χ2v) is 7.18. The molecule has 1 heterocycles. The highest BCUT2D eigenvalue weighted by molar-refractivity contribution is 9.10. The van der Waals surface area contributed by atoms with Crippen molar-refractivity contribution in [2.75, 3.05) is 7.11 Å². The van der Waals surface area contributed by atoms with Crippen molar-refractivity contribution in [2.45, 2.75) is 0 Å². The van der Waals surface area contributed by atoms with Crippen LogP contribution in [0, 0.1) is 0 Å². The normalized spacial score (nSPS) is 16.8. The van der Waals surface area contributed by atoms with E-state index in [0.717, 1.165) is 10.0 Å². The lowest BCUT2D eigenvalue weighted by molar-refractivity contribution is -0.115. The molecule has 1 saturated heterocycles. The number of methoxy groups -OCH3 is 1. The lowest BCUT2D eigenvalue weighted by atomic mass is 10.2. The molecule has 0 aromatic heterocycles. The van der Waals surface area contributed by atoms with Gasteiger partial charge in [-0.25, -0.2) is 9.79 Å². The second kappa shape index (κ2) is 7.76. The van der Waals surface area contributed by atoms with Crippen LogP contribution in [0.15, 0.2) is 56.8 Å². The predicted octanol–water partition coefficient (Wildman–Crippen LogP) is 3.83. The summed E-state index contributed by atoms with van der Waals surface area (Å²) in [5, 5.41) is 12.8. The van der Waals surface area contributed by atoms with Gasteiger partial charge in [-0.1, -0.05) is 28.1 Å². The fraction of sp³-hybridized carbons (Fsp3) is 0.0556. The summed E-state index contributed by atoms with van der Waals surface area (Å²) in [7, 11) is 1.23. The first-order valence-electron chi connectivity index (χ1n) is 7.43. The molecule has 132 valence electrons. The van der Waals surface area contributed by atoms with Crippen LogP contribution in [0.4, 0.5) is 5.69 Å². The van der Waals surface area contributed by atoms with Crippen molar-refractivity contribution < 1.29 is 19.4 Å². The van der Waals surface area contributed by atoms with E-state index in [2.05, 4.69) is 31.0 Å². The minimum absolute atomic E-state index is 0.00794. The average molecular weight is 433 g/mol. The van der Waals surface area contributed by atoms with Crippen molar-refractivity contribution in [1.82, 2.24) is 5.32 Å². The first-order valence-corrected chi connectivity index (χ1v) is 9.03. The number of phenols is 1. The summed E-state index contributed by atoms with van der Waals surface area (Å²) in [4.78, 5) is 28.6. The molecule has 8 heteroatoms. The summed E-state index contributed by atoms with van der Waals surface area (Å²) in [6.07, 6.45) is 1.77. The van der Waals surface area contributed by atoms with E-state index in [4.69, 9.17) is 0 Å². The Bertz CT molecular complexity index is 956. The monoisotopic (exact) mass is 432 g/mol. The van der Waals surface area contributed by atoms with E-state index in [1.807, 2.05) is 24.3 Å². The summed E-state index contributed by atoms with van der Waals surface area (Å²) in [6, 6.07) is 11.9. The molecule has 1 aliphatic rings. The Balaban J connectivity index is 1.85. The highest BCUT2D eigenvalue weighted by Crippen LogP contribution is 2.30. The molecule has 2 aromatic carbocycles. The molecule has 1 aliphatic heterocycles. The lowest BCUT2D eigenvalue weighted by Crippen LogP contribution is -2.19. The van der Waals surface area contributed by atoms with Gasteiger partial charge in [-0.05, 0) is 53.7 Å². The zero-order chi connectivity index (χ0) is 18.7.